The number of carboxylic acids is 2. The van der Waals surface area contributed by atoms with Crippen molar-refractivity contribution < 1.29 is 123 Å². The second kappa shape index (κ2) is 37.6. The van der Waals surface area contributed by atoms with Crippen LogP contribution in [0.3, 0.4) is 0 Å². The van der Waals surface area contributed by atoms with E-state index in [0.717, 1.165) is 143 Å². The van der Waals surface area contributed by atoms with Crippen molar-refractivity contribution in [3.05, 3.63) is 307 Å². The van der Waals surface area contributed by atoms with Crippen molar-refractivity contribution in [1.29, 1.82) is 0 Å². The molecule has 14 rings (SSSR count). The Labute approximate surface area is 736 Å². The largest absolute Gasteiger partial charge is 1.00 e. The molecular weight excluding hydrogens is 1560 g/mol. The molecule has 2 aliphatic heterocycles. The van der Waals surface area contributed by atoms with Gasteiger partial charge in [-0.3, -0.25) is 9.59 Å². The van der Waals surface area contributed by atoms with Gasteiger partial charge in [-0.15, -0.1) is 8.42 Å². The van der Waals surface area contributed by atoms with Crippen LogP contribution in [0.4, 0.5) is 20.2 Å². The molecule has 14 nitrogen and oxygen atoms in total. The zero-order chi connectivity index (χ0) is 82.7. The van der Waals surface area contributed by atoms with Crippen molar-refractivity contribution >= 4 is 87.8 Å². The number of hydrogen-bond acceptors (Lipinski definition) is 11. The van der Waals surface area contributed by atoms with Gasteiger partial charge in [-0.1, -0.05) is 189 Å². The number of anilines is 2. The number of rotatable bonds is 22. The summed E-state index contributed by atoms with van der Waals surface area (Å²) >= 11 is 7.16. The molecule has 0 unspecified atom stereocenters. The predicted octanol–water partition coefficient (Wildman–Crippen LogP) is 16.6. The summed E-state index contributed by atoms with van der Waals surface area (Å²) in [6.07, 6.45) is 29.1. The Hall–Kier alpha value is -8.21. The summed E-state index contributed by atoms with van der Waals surface area (Å²) in [4.78, 5) is 26.3. The number of aliphatic carboxylic acids is 2. The van der Waals surface area contributed by atoms with Crippen molar-refractivity contribution in [3.63, 3.8) is 0 Å². The molecule has 0 radical (unpaired) electrons. The third-order valence-electron chi connectivity index (χ3n) is 23.6. The number of phenols is 1. The van der Waals surface area contributed by atoms with Gasteiger partial charge in [-0.2, -0.15) is 0 Å². The maximum atomic E-state index is 14.7. The van der Waals surface area contributed by atoms with Crippen molar-refractivity contribution in [3.8, 4) is 11.5 Å². The number of benzene rings is 8. The van der Waals surface area contributed by atoms with Crippen LogP contribution >= 0.6 is 11.6 Å². The van der Waals surface area contributed by atoms with E-state index in [9.17, 15) is 39.8 Å². The van der Waals surface area contributed by atoms with Gasteiger partial charge in [0.2, 0.25) is 0 Å². The van der Waals surface area contributed by atoms with E-state index >= 15 is 0 Å². The summed E-state index contributed by atoms with van der Waals surface area (Å²) in [5.41, 5.74) is 19.1. The van der Waals surface area contributed by atoms with Crippen molar-refractivity contribution in [2.24, 2.45) is 0 Å². The molecule has 4 aliphatic carbocycles. The van der Waals surface area contributed by atoms with E-state index in [1.165, 1.54) is 115 Å². The summed E-state index contributed by atoms with van der Waals surface area (Å²) < 4.78 is 98.6. The molecule has 0 saturated heterocycles. The molecule has 21 heteroatoms. The number of allylic oxidation sites excluding steroid dienone is 19. The molecule has 117 heavy (non-hydrogen) atoms. The van der Waals surface area contributed by atoms with Gasteiger partial charge in [-0.05, 0) is 274 Å². The molecule has 8 aromatic rings. The Kier molecular flexibility index (Phi) is 29.3. The van der Waals surface area contributed by atoms with Crippen LogP contribution in [-0.2, 0) is 51.5 Å². The molecule has 0 saturated carbocycles. The van der Waals surface area contributed by atoms with Crippen LogP contribution in [0.15, 0.2) is 272 Å². The van der Waals surface area contributed by atoms with E-state index in [1.807, 2.05) is 12.1 Å². The van der Waals surface area contributed by atoms with Crippen LogP contribution in [0.5, 0.6) is 11.5 Å². The van der Waals surface area contributed by atoms with Gasteiger partial charge in [0.1, 0.15) is 43.9 Å². The van der Waals surface area contributed by atoms with Crippen LogP contribution in [0, 0.1) is 11.6 Å². The van der Waals surface area contributed by atoms with E-state index in [-0.39, 0.29) is 115 Å². The van der Waals surface area contributed by atoms with Gasteiger partial charge in [0.25, 0.3) is 0 Å². The minimum Gasteiger partial charge on any atom is -0.744 e. The van der Waals surface area contributed by atoms with Crippen molar-refractivity contribution in [2.75, 3.05) is 23.9 Å². The Balaban J connectivity index is 0.000000217. The fourth-order valence-electron chi connectivity index (χ4n) is 17.7. The fraction of sp³-hybridized carbons (Fsp3) is 0.312. The molecular formula is C96H101ClF2N2Na2O12S2+2. The molecule has 0 bridgehead atoms. The first-order valence-electron chi connectivity index (χ1n) is 39.4. The van der Waals surface area contributed by atoms with Crippen LogP contribution in [-0.4, -0.2) is 67.3 Å². The van der Waals surface area contributed by atoms with E-state index < -0.39 is 37.6 Å². The van der Waals surface area contributed by atoms with Gasteiger partial charge in [0.05, 0.1) is 4.90 Å². The quantitative estimate of drug-likeness (QED) is 0.0249. The smallest absolute Gasteiger partial charge is 0.744 e. The Morgan fingerprint density at radius 2 is 0.949 bits per heavy atom. The number of fused-ring (bicyclic) bond motifs is 8. The summed E-state index contributed by atoms with van der Waals surface area (Å²) in [6, 6.07) is 46.4. The normalized spacial score (nSPS) is 18.5. The first kappa shape index (κ1) is 91.1. The van der Waals surface area contributed by atoms with Crippen molar-refractivity contribution in [1.82, 2.24) is 0 Å². The number of aromatic hydroxyl groups is 1. The number of likely N-dealkylation sites (N-methyl/N-ethyl adjacent to an activating group) is 2. The van der Waals surface area contributed by atoms with Gasteiger partial charge in [0, 0.05) is 76.4 Å². The summed E-state index contributed by atoms with van der Waals surface area (Å²) in [6.45, 7) is 17.7. The third kappa shape index (κ3) is 20.0. The maximum absolute atomic E-state index is 14.7. The average Bonchev–Trinajstić information content (AvgIpc) is 1.63. The molecule has 8 aromatic carbocycles. The number of hydrogen-bond donors (Lipinski definition) is 3. The molecule has 0 atom stereocenters. The Morgan fingerprint density at radius 3 is 1.40 bits per heavy atom. The number of halogens is 3. The minimum atomic E-state index is -4.63. The monoisotopic (exact) mass is 1660 g/mol. The van der Waals surface area contributed by atoms with Crippen LogP contribution < -0.4 is 73.7 Å². The first-order valence-corrected chi connectivity index (χ1v) is 42.6. The van der Waals surface area contributed by atoms with Crippen molar-refractivity contribution in [2.45, 2.75) is 190 Å². The topological polar surface area (TPSA) is 225 Å². The molecule has 0 amide bonds. The number of nitrogens with zero attached hydrogens (tertiary/aromatic N) is 2. The number of unbranched alkanes of at least 4 members (excludes halogenated alkanes) is 4. The zero-order valence-corrected chi connectivity index (χ0v) is 75.3. The molecule has 0 spiro atoms. The van der Waals surface area contributed by atoms with Gasteiger partial charge >= 0.3 is 81.2 Å². The van der Waals surface area contributed by atoms with E-state index in [0.29, 0.717) is 24.4 Å². The van der Waals surface area contributed by atoms with Crippen LogP contribution in [0.25, 0.3) is 32.7 Å². The van der Waals surface area contributed by atoms with Gasteiger partial charge in [0.15, 0.2) is 0 Å². The molecule has 2 heterocycles. The number of ether oxygens (including phenoxy) is 1. The fourth-order valence-corrected chi connectivity index (χ4v) is 19.0. The van der Waals surface area contributed by atoms with Crippen LogP contribution in [0.1, 0.15) is 192 Å². The summed E-state index contributed by atoms with van der Waals surface area (Å²) in [7, 11) is -4.25. The Morgan fingerprint density at radius 1 is 0.521 bits per heavy atom. The molecule has 6 aliphatic rings. The SMILES string of the molecule is CN1/C(=C/C=C2\CCCC(/C=C/C3=C(CCCCCC(=O)O)c4ccc(F)cc4C3(C)C)=C2Cl)C(C)(C)c2c1ccc1ccccc21.CN1/C(=C/C=C2\CCCC(/C=C/C3=C(CCCCCC(=O)O)c4ccc(F)cc4C3(C)C)=C2Oc2ccc(S(=O)(=O)[O-])cc2)C(C)(C)c2c1ccc1ccccc21.O=S(=O)([OH2+])c1ccc(O)cc1.[Na+].[Na+]. The standard InChI is InChI=1S/C48H50FNO6S.C42H45ClFNO2.C6H6O4S.2Na/c1-47(2)40(38(16-7-6-8-17-44(51)52)39-26-21-34(49)30-41(39)47)27-18-32-13-11-14-33(46(32)56-35-22-24-36(25-23-35)57(53,54)55)20-29-43-48(3,4)45-37-15-10-9-12-31(37)19-28-42(45)50(43)5;1-41(2)34(32(16-7-6-8-17-38(46)47)33-22-21-30(44)26-35(33)41)23-18-28-13-11-14-29(40(28)43)20-25-37-42(3,4)39-31-15-10-9-12-27(31)19-24-36(39)45(37)5;7-5-1-3-6(4-2-5)11(8,9)10;;/h9-10,12,15,18-30H,6-8,11,13-14,16-17H2,1-5H3,(H,51,52)(H,53,54,55);9-10,12,15,18-26H,6-8,11,13-14,16-17H2,1-5H3,(H,46,47);1-4,7H,(H,8,9,10);;/q;;;2*+1/b27-18+,33-20+,43-29+;23-18+,29-20+,37-25+;;;. The Bertz CT molecular complexity index is 5750. The average molecular weight is 1660 g/mol. The summed E-state index contributed by atoms with van der Waals surface area (Å²) in [5.74, 6) is -1.00. The van der Waals surface area contributed by atoms with E-state index in [4.69, 9.17) is 36.2 Å². The minimum absolute atomic E-state index is 0. The number of carbonyl (C=O) groups is 2. The van der Waals surface area contributed by atoms with Gasteiger partial charge < -0.3 is 39.0 Å². The first-order chi connectivity index (χ1) is 54.5. The maximum Gasteiger partial charge on any atom is 1.00 e. The number of carboxylic acid groups (broad SMARTS) is 2. The second-order valence-electron chi connectivity index (χ2n) is 32.6. The van der Waals surface area contributed by atoms with E-state index in [2.05, 4.69) is 201 Å². The van der Waals surface area contributed by atoms with Gasteiger partial charge in [-0.25, -0.2) is 17.2 Å². The predicted molar refractivity (Wildman–Crippen MR) is 457 cm³/mol. The number of phenolic OH excluding ortho intramolecular Hbond substituents is 1. The molecule has 600 valence electrons. The second-order valence-corrected chi connectivity index (χ2v) is 35.9. The molecule has 5 N–H and O–H groups in total. The van der Waals surface area contributed by atoms with E-state index in [1.54, 1.807) is 18.2 Å². The molecule has 0 aromatic heterocycles. The molecule has 0 fully saturated rings. The summed E-state index contributed by atoms with van der Waals surface area (Å²) in [5, 5.41) is 32.8. The zero-order valence-electron chi connectivity index (χ0n) is 68.9. The van der Waals surface area contributed by atoms with Crippen LogP contribution in [0.2, 0.25) is 0 Å². The third-order valence-corrected chi connectivity index (χ3v) is 25.8.